The Morgan fingerprint density at radius 1 is 1.55 bits per heavy atom. The molecule has 1 aromatic heterocycles. The summed E-state index contributed by atoms with van der Waals surface area (Å²) in [5.41, 5.74) is 6.53. The molecule has 1 saturated carbocycles. The maximum atomic E-state index is 12.6. The standard InChI is InChI=1S/C8H9FN2/c9-6-1-5(3-11-4-6)7-2-8(7)10/h1,3-4,7-8H,2,10H2/t7-,8+/m0/s1. The fourth-order valence-electron chi connectivity index (χ4n) is 1.23. The minimum absolute atomic E-state index is 0.221. The topological polar surface area (TPSA) is 38.9 Å². The number of nitrogens with two attached hydrogens (primary N) is 1. The van der Waals surface area contributed by atoms with E-state index in [2.05, 4.69) is 4.98 Å². The first-order valence-electron chi connectivity index (χ1n) is 3.63. The Hall–Kier alpha value is -0.960. The van der Waals surface area contributed by atoms with E-state index >= 15 is 0 Å². The Kier molecular flexibility index (Phi) is 1.39. The van der Waals surface area contributed by atoms with Crippen LogP contribution in [-0.4, -0.2) is 11.0 Å². The smallest absolute Gasteiger partial charge is 0.141 e. The van der Waals surface area contributed by atoms with E-state index in [9.17, 15) is 4.39 Å². The lowest BCUT2D eigenvalue weighted by Crippen LogP contribution is -2.01. The third-order valence-electron chi connectivity index (χ3n) is 1.99. The number of pyridine rings is 1. The molecule has 0 aliphatic heterocycles. The maximum Gasteiger partial charge on any atom is 0.141 e. The number of halogens is 1. The van der Waals surface area contributed by atoms with Gasteiger partial charge in [-0.15, -0.1) is 0 Å². The summed E-state index contributed by atoms with van der Waals surface area (Å²) < 4.78 is 12.6. The molecule has 2 atom stereocenters. The van der Waals surface area contributed by atoms with Crippen LogP contribution in [0, 0.1) is 5.82 Å². The van der Waals surface area contributed by atoms with E-state index in [0.717, 1.165) is 12.0 Å². The fraction of sp³-hybridized carbons (Fsp3) is 0.375. The molecule has 2 nitrogen and oxygen atoms in total. The molecule has 1 aliphatic carbocycles. The average Bonchev–Trinajstić information content (AvgIpc) is 2.67. The zero-order chi connectivity index (χ0) is 7.84. The Labute approximate surface area is 64.2 Å². The molecule has 58 valence electrons. The van der Waals surface area contributed by atoms with E-state index in [1.165, 1.54) is 12.3 Å². The van der Waals surface area contributed by atoms with E-state index in [4.69, 9.17) is 5.73 Å². The van der Waals surface area contributed by atoms with Crippen molar-refractivity contribution in [2.75, 3.05) is 0 Å². The zero-order valence-electron chi connectivity index (χ0n) is 6.00. The monoisotopic (exact) mass is 152 g/mol. The van der Waals surface area contributed by atoms with Crippen molar-refractivity contribution in [3.05, 3.63) is 29.8 Å². The van der Waals surface area contributed by atoms with Crippen LogP contribution in [0.2, 0.25) is 0 Å². The molecule has 3 heteroatoms. The summed E-state index contributed by atoms with van der Waals surface area (Å²) in [5, 5.41) is 0. The van der Waals surface area contributed by atoms with Crippen molar-refractivity contribution < 1.29 is 4.39 Å². The molecule has 0 unspecified atom stereocenters. The van der Waals surface area contributed by atoms with Crippen LogP contribution in [0.3, 0.4) is 0 Å². The Bertz CT molecular complexity index is 275. The third-order valence-corrected chi connectivity index (χ3v) is 1.99. The number of nitrogens with zero attached hydrogens (tertiary/aromatic N) is 1. The Morgan fingerprint density at radius 3 is 2.82 bits per heavy atom. The average molecular weight is 152 g/mol. The van der Waals surface area contributed by atoms with Crippen molar-refractivity contribution in [1.82, 2.24) is 4.98 Å². The number of hydrogen-bond acceptors (Lipinski definition) is 2. The van der Waals surface area contributed by atoms with Crippen molar-refractivity contribution in [3.8, 4) is 0 Å². The van der Waals surface area contributed by atoms with Crippen LogP contribution >= 0.6 is 0 Å². The van der Waals surface area contributed by atoms with E-state index in [1.807, 2.05) is 0 Å². The van der Waals surface area contributed by atoms with Gasteiger partial charge in [0.2, 0.25) is 0 Å². The summed E-state index contributed by atoms with van der Waals surface area (Å²) in [4.78, 5) is 3.75. The normalized spacial score (nSPS) is 28.5. The highest BCUT2D eigenvalue weighted by molar-refractivity contribution is 5.24. The molecule has 0 amide bonds. The minimum Gasteiger partial charge on any atom is -0.327 e. The van der Waals surface area contributed by atoms with Crippen LogP contribution in [0.15, 0.2) is 18.5 Å². The zero-order valence-corrected chi connectivity index (χ0v) is 6.00. The molecule has 0 bridgehead atoms. The number of rotatable bonds is 1. The van der Waals surface area contributed by atoms with E-state index in [-0.39, 0.29) is 11.9 Å². The molecule has 0 radical (unpaired) electrons. The van der Waals surface area contributed by atoms with Crippen molar-refractivity contribution in [1.29, 1.82) is 0 Å². The van der Waals surface area contributed by atoms with Gasteiger partial charge in [-0.25, -0.2) is 4.39 Å². The van der Waals surface area contributed by atoms with Gasteiger partial charge in [0, 0.05) is 18.2 Å². The fourth-order valence-corrected chi connectivity index (χ4v) is 1.23. The molecule has 0 spiro atoms. The van der Waals surface area contributed by atoms with Gasteiger partial charge in [0.25, 0.3) is 0 Å². The molecule has 2 N–H and O–H groups in total. The summed E-state index contributed by atoms with van der Waals surface area (Å²) in [6, 6.07) is 1.73. The van der Waals surface area contributed by atoms with Crippen molar-refractivity contribution in [3.63, 3.8) is 0 Å². The summed E-state index contributed by atoms with van der Waals surface area (Å²) in [5.74, 6) is 0.0693. The highest BCUT2D eigenvalue weighted by atomic mass is 19.1. The van der Waals surface area contributed by atoms with Gasteiger partial charge >= 0.3 is 0 Å². The van der Waals surface area contributed by atoms with Gasteiger partial charge in [0.15, 0.2) is 0 Å². The first kappa shape index (κ1) is 6.73. The lowest BCUT2D eigenvalue weighted by Gasteiger charge is -1.95. The Morgan fingerprint density at radius 2 is 2.27 bits per heavy atom. The van der Waals surface area contributed by atoms with Gasteiger partial charge in [0.05, 0.1) is 6.20 Å². The molecule has 1 aliphatic rings. The summed E-state index contributed by atoms with van der Waals surface area (Å²) >= 11 is 0. The van der Waals surface area contributed by atoms with Gasteiger partial charge in [0.1, 0.15) is 5.82 Å². The second-order valence-electron chi connectivity index (χ2n) is 2.94. The molecule has 2 rings (SSSR count). The molecule has 0 aromatic carbocycles. The first-order valence-corrected chi connectivity index (χ1v) is 3.63. The van der Waals surface area contributed by atoms with E-state index in [0.29, 0.717) is 5.92 Å². The van der Waals surface area contributed by atoms with Crippen molar-refractivity contribution in [2.45, 2.75) is 18.4 Å². The maximum absolute atomic E-state index is 12.6. The number of aromatic nitrogens is 1. The molecule has 1 aromatic rings. The summed E-state index contributed by atoms with van der Waals surface area (Å²) in [7, 11) is 0. The SMILES string of the molecule is N[C@@H]1C[C@H]1c1cncc(F)c1. The first-order chi connectivity index (χ1) is 5.27. The van der Waals surface area contributed by atoms with Gasteiger partial charge < -0.3 is 5.73 Å². The Balaban J connectivity index is 2.25. The van der Waals surface area contributed by atoms with Gasteiger partial charge in [-0.05, 0) is 18.1 Å². The summed E-state index contributed by atoms with van der Waals surface area (Å²) in [6.07, 6.45) is 3.85. The third kappa shape index (κ3) is 1.24. The molecule has 1 heterocycles. The van der Waals surface area contributed by atoms with Crippen LogP contribution in [0.1, 0.15) is 17.9 Å². The largest absolute Gasteiger partial charge is 0.327 e. The van der Waals surface area contributed by atoms with Gasteiger partial charge in [-0.1, -0.05) is 0 Å². The van der Waals surface area contributed by atoms with E-state index < -0.39 is 0 Å². The van der Waals surface area contributed by atoms with Gasteiger partial charge in [-0.2, -0.15) is 0 Å². The van der Waals surface area contributed by atoms with Crippen LogP contribution in [-0.2, 0) is 0 Å². The second kappa shape index (κ2) is 2.27. The van der Waals surface area contributed by atoms with E-state index in [1.54, 1.807) is 6.20 Å². The highest BCUT2D eigenvalue weighted by Crippen LogP contribution is 2.38. The molecule has 11 heavy (non-hydrogen) atoms. The molecular weight excluding hydrogens is 143 g/mol. The van der Waals surface area contributed by atoms with Crippen LogP contribution in [0.4, 0.5) is 4.39 Å². The van der Waals surface area contributed by atoms with Crippen LogP contribution in [0.25, 0.3) is 0 Å². The van der Waals surface area contributed by atoms with Crippen LogP contribution in [0.5, 0.6) is 0 Å². The second-order valence-corrected chi connectivity index (χ2v) is 2.94. The quantitative estimate of drug-likeness (QED) is 0.652. The van der Waals surface area contributed by atoms with Crippen LogP contribution < -0.4 is 5.73 Å². The molecule has 1 fully saturated rings. The van der Waals surface area contributed by atoms with Crippen molar-refractivity contribution >= 4 is 0 Å². The minimum atomic E-state index is -0.276. The lowest BCUT2D eigenvalue weighted by molar-refractivity contribution is 0.618. The van der Waals surface area contributed by atoms with Crippen molar-refractivity contribution in [2.24, 2.45) is 5.73 Å². The highest BCUT2D eigenvalue weighted by Gasteiger charge is 2.35. The number of hydrogen-bond donors (Lipinski definition) is 1. The predicted molar refractivity (Wildman–Crippen MR) is 39.5 cm³/mol. The lowest BCUT2D eigenvalue weighted by atomic mass is 10.2. The van der Waals surface area contributed by atoms with Gasteiger partial charge in [-0.3, -0.25) is 4.98 Å². The molecule has 0 saturated heterocycles. The predicted octanol–water partition coefficient (Wildman–Crippen LogP) is 1.04. The molecular formula is C8H9FN2. The summed E-state index contributed by atoms with van der Waals surface area (Å²) in [6.45, 7) is 0.